The standard InChI is InChI=1S/C13H9F3N4O3/c1-20-8-9(17-11(22)19-10(8)21)18-12(20)23-7-4-2-3-6(5-7)13(14,15)16/h2-5H,1H3,(H2,17,19,21,22). The summed E-state index contributed by atoms with van der Waals surface area (Å²) in [5.41, 5.74) is -2.29. The van der Waals surface area contributed by atoms with Crippen LogP contribution in [0.4, 0.5) is 13.2 Å². The van der Waals surface area contributed by atoms with Gasteiger partial charge in [-0.3, -0.25) is 19.3 Å². The van der Waals surface area contributed by atoms with E-state index < -0.39 is 23.0 Å². The minimum absolute atomic E-state index is 0.0248. The molecule has 0 radical (unpaired) electrons. The van der Waals surface area contributed by atoms with Crippen LogP contribution < -0.4 is 16.0 Å². The van der Waals surface area contributed by atoms with Gasteiger partial charge in [0.05, 0.1) is 5.56 Å². The van der Waals surface area contributed by atoms with Crippen LogP contribution in [0, 0.1) is 0 Å². The molecule has 0 aliphatic carbocycles. The van der Waals surface area contributed by atoms with Gasteiger partial charge in [-0.2, -0.15) is 18.2 Å². The maximum absolute atomic E-state index is 12.7. The largest absolute Gasteiger partial charge is 0.425 e. The summed E-state index contributed by atoms with van der Waals surface area (Å²) in [6.07, 6.45) is -4.51. The van der Waals surface area contributed by atoms with Gasteiger partial charge >= 0.3 is 17.9 Å². The topological polar surface area (TPSA) is 92.8 Å². The number of imidazole rings is 1. The monoisotopic (exact) mass is 326 g/mol. The fraction of sp³-hybridized carbons (Fsp3) is 0.154. The molecule has 2 heterocycles. The summed E-state index contributed by atoms with van der Waals surface area (Å²) in [7, 11) is 1.44. The highest BCUT2D eigenvalue weighted by Gasteiger charge is 2.30. The summed E-state index contributed by atoms with van der Waals surface area (Å²) in [5.74, 6) is -0.1000. The SMILES string of the molecule is Cn1c(Oc2cccc(C(F)(F)F)c2)nc2[nH]c(=O)[nH]c(=O)c21. The maximum atomic E-state index is 12.7. The Labute approximate surface area is 125 Å². The zero-order valence-electron chi connectivity index (χ0n) is 11.6. The quantitative estimate of drug-likeness (QED) is 0.750. The molecule has 120 valence electrons. The van der Waals surface area contributed by atoms with E-state index >= 15 is 0 Å². The van der Waals surface area contributed by atoms with Crippen LogP contribution in [0.15, 0.2) is 33.9 Å². The molecule has 10 heteroatoms. The van der Waals surface area contributed by atoms with Crippen molar-refractivity contribution in [3.8, 4) is 11.8 Å². The average Bonchev–Trinajstić information content (AvgIpc) is 2.74. The van der Waals surface area contributed by atoms with Crippen LogP contribution in [-0.4, -0.2) is 19.5 Å². The fourth-order valence-corrected chi connectivity index (χ4v) is 2.06. The summed E-state index contributed by atoms with van der Waals surface area (Å²) in [6, 6.07) is 4.10. The molecule has 0 saturated heterocycles. The summed E-state index contributed by atoms with van der Waals surface area (Å²) in [6.45, 7) is 0. The second-order valence-corrected chi connectivity index (χ2v) is 4.69. The zero-order chi connectivity index (χ0) is 16.8. The van der Waals surface area contributed by atoms with Crippen molar-refractivity contribution in [1.82, 2.24) is 19.5 Å². The van der Waals surface area contributed by atoms with Gasteiger partial charge in [0.25, 0.3) is 5.56 Å². The molecule has 0 spiro atoms. The van der Waals surface area contributed by atoms with Crippen molar-refractivity contribution in [2.75, 3.05) is 0 Å². The lowest BCUT2D eigenvalue weighted by Crippen LogP contribution is -2.22. The smallest absolute Gasteiger partial charge is 0.416 e. The van der Waals surface area contributed by atoms with E-state index in [1.807, 2.05) is 4.98 Å². The van der Waals surface area contributed by atoms with E-state index in [9.17, 15) is 22.8 Å². The second kappa shape index (κ2) is 5.00. The summed E-state index contributed by atoms with van der Waals surface area (Å²) in [5, 5.41) is 0. The number of aryl methyl sites for hydroxylation is 1. The highest BCUT2D eigenvalue weighted by atomic mass is 19.4. The number of hydrogen-bond acceptors (Lipinski definition) is 4. The second-order valence-electron chi connectivity index (χ2n) is 4.69. The Balaban J connectivity index is 2.06. The van der Waals surface area contributed by atoms with Crippen LogP contribution in [0.1, 0.15) is 5.56 Å². The molecule has 0 atom stereocenters. The number of aromatic nitrogens is 4. The molecule has 0 aliphatic rings. The highest BCUT2D eigenvalue weighted by Crippen LogP contribution is 2.32. The van der Waals surface area contributed by atoms with E-state index in [1.54, 1.807) is 0 Å². The highest BCUT2D eigenvalue weighted by molar-refractivity contribution is 5.70. The van der Waals surface area contributed by atoms with Crippen LogP contribution in [-0.2, 0) is 13.2 Å². The van der Waals surface area contributed by atoms with Gasteiger partial charge in [-0.1, -0.05) is 6.07 Å². The van der Waals surface area contributed by atoms with Gasteiger partial charge in [0.1, 0.15) is 5.75 Å². The number of ether oxygens (including phenoxy) is 1. The fourth-order valence-electron chi connectivity index (χ4n) is 2.06. The Hall–Kier alpha value is -3.04. The molecule has 0 fully saturated rings. The normalized spacial score (nSPS) is 11.8. The van der Waals surface area contributed by atoms with Crippen molar-refractivity contribution in [3.63, 3.8) is 0 Å². The van der Waals surface area contributed by atoms with Gasteiger partial charge in [0.15, 0.2) is 11.2 Å². The number of alkyl halides is 3. The zero-order valence-corrected chi connectivity index (χ0v) is 11.6. The predicted molar refractivity (Wildman–Crippen MR) is 73.5 cm³/mol. The van der Waals surface area contributed by atoms with Crippen molar-refractivity contribution >= 4 is 11.2 Å². The molecule has 3 rings (SSSR count). The minimum atomic E-state index is -4.51. The molecule has 3 aromatic rings. The van der Waals surface area contributed by atoms with Crippen molar-refractivity contribution in [2.24, 2.45) is 7.05 Å². The predicted octanol–water partition coefficient (Wildman–Crippen LogP) is 1.76. The number of benzene rings is 1. The lowest BCUT2D eigenvalue weighted by Gasteiger charge is -2.09. The Kier molecular flexibility index (Phi) is 3.24. The number of rotatable bonds is 2. The first-order chi connectivity index (χ1) is 10.8. The van der Waals surface area contributed by atoms with Crippen LogP contribution in [0.3, 0.4) is 0 Å². The van der Waals surface area contributed by atoms with Crippen molar-refractivity contribution < 1.29 is 17.9 Å². The molecule has 0 bridgehead atoms. The first kappa shape index (κ1) is 14.9. The van der Waals surface area contributed by atoms with E-state index in [4.69, 9.17) is 4.74 Å². The van der Waals surface area contributed by atoms with Gasteiger partial charge in [0, 0.05) is 7.05 Å². The molecule has 1 aromatic carbocycles. The first-order valence-electron chi connectivity index (χ1n) is 6.30. The van der Waals surface area contributed by atoms with Gasteiger partial charge in [-0.05, 0) is 18.2 Å². The van der Waals surface area contributed by atoms with Gasteiger partial charge < -0.3 is 4.74 Å². The van der Waals surface area contributed by atoms with Gasteiger partial charge in [-0.15, -0.1) is 0 Å². The summed E-state index contributed by atoms with van der Waals surface area (Å²) < 4.78 is 44.6. The number of hydrogen-bond donors (Lipinski definition) is 2. The third-order valence-electron chi connectivity index (χ3n) is 3.10. The molecule has 0 aliphatic heterocycles. The number of nitrogens with zero attached hydrogens (tertiary/aromatic N) is 2. The molecule has 23 heavy (non-hydrogen) atoms. The third-order valence-corrected chi connectivity index (χ3v) is 3.10. The Morgan fingerprint density at radius 1 is 1.22 bits per heavy atom. The summed E-state index contributed by atoms with van der Waals surface area (Å²) >= 11 is 0. The Bertz CT molecular complexity index is 1000. The van der Waals surface area contributed by atoms with Crippen LogP contribution in [0.2, 0.25) is 0 Å². The lowest BCUT2D eigenvalue weighted by atomic mass is 10.2. The first-order valence-corrected chi connectivity index (χ1v) is 6.30. The molecular weight excluding hydrogens is 317 g/mol. The molecule has 0 unspecified atom stereocenters. The van der Waals surface area contributed by atoms with Crippen molar-refractivity contribution in [3.05, 3.63) is 50.7 Å². The van der Waals surface area contributed by atoms with Crippen LogP contribution in [0.25, 0.3) is 11.2 Å². The van der Waals surface area contributed by atoms with E-state index in [0.717, 1.165) is 12.1 Å². The molecule has 2 N–H and O–H groups in total. The number of nitrogens with one attached hydrogen (secondary N) is 2. The average molecular weight is 326 g/mol. The maximum Gasteiger partial charge on any atom is 0.416 e. The van der Waals surface area contributed by atoms with E-state index in [0.29, 0.717) is 0 Å². The van der Waals surface area contributed by atoms with Crippen LogP contribution >= 0.6 is 0 Å². The van der Waals surface area contributed by atoms with E-state index in [-0.39, 0.29) is 22.9 Å². The summed E-state index contributed by atoms with van der Waals surface area (Å²) in [4.78, 5) is 31.2. The molecule has 7 nitrogen and oxygen atoms in total. The number of aromatic amines is 2. The van der Waals surface area contributed by atoms with Gasteiger partial charge in [-0.25, -0.2) is 4.79 Å². The van der Waals surface area contributed by atoms with E-state index in [2.05, 4.69) is 9.97 Å². The number of fused-ring (bicyclic) bond motifs is 1. The lowest BCUT2D eigenvalue weighted by molar-refractivity contribution is -0.137. The minimum Gasteiger partial charge on any atom is -0.425 e. The van der Waals surface area contributed by atoms with Gasteiger partial charge in [0.2, 0.25) is 0 Å². The molecule has 0 amide bonds. The molecular formula is C13H9F3N4O3. The van der Waals surface area contributed by atoms with E-state index in [1.165, 1.54) is 23.7 Å². The third kappa shape index (κ3) is 2.70. The van der Waals surface area contributed by atoms with Crippen molar-refractivity contribution in [2.45, 2.75) is 6.18 Å². The number of H-pyrrole nitrogens is 2. The van der Waals surface area contributed by atoms with Crippen LogP contribution in [0.5, 0.6) is 11.8 Å². The Morgan fingerprint density at radius 2 is 1.96 bits per heavy atom. The molecule has 0 saturated carbocycles. The Morgan fingerprint density at radius 3 is 2.65 bits per heavy atom. The molecule has 2 aromatic heterocycles. The van der Waals surface area contributed by atoms with Crippen molar-refractivity contribution in [1.29, 1.82) is 0 Å². The number of halogens is 3.